The van der Waals surface area contributed by atoms with Gasteiger partial charge in [-0.05, 0) is 114 Å². The Balaban J connectivity index is 1.17. The van der Waals surface area contributed by atoms with Crippen molar-refractivity contribution < 1.29 is 66.9 Å². The molecule has 2 aromatic carbocycles. The molecule has 2 aliphatic heterocycles. The number of thiazole rings is 1. The summed E-state index contributed by atoms with van der Waals surface area (Å²) in [4.78, 5) is 151. The number of piperidine rings is 1. The zero-order valence-electron chi connectivity index (χ0n) is 60.1. The molecule has 13 atom stereocenters. The fourth-order valence-corrected chi connectivity index (χ4v) is 14.3. The third-order valence-electron chi connectivity index (χ3n) is 18.9. The summed E-state index contributed by atoms with van der Waals surface area (Å²) in [5.41, 5.74) is 5.66. The van der Waals surface area contributed by atoms with Gasteiger partial charge in [0.2, 0.25) is 35.4 Å². The molecule has 3 fully saturated rings. The first kappa shape index (κ1) is 80.2. The highest BCUT2D eigenvalue weighted by Gasteiger charge is 2.53. The molecule has 0 spiro atoms. The van der Waals surface area contributed by atoms with Crippen LogP contribution in [0.25, 0.3) is 0 Å². The number of alkyl carbamates (subject to hydrolysis) is 1. The molecule has 3 heterocycles. The van der Waals surface area contributed by atoms with Crippen molar-refractivity contribution in [3.63, 3.8) is 0 Å². The van der Waals surface area contributed by atoms with Gasteiger partial charge >= 0.3 is 18.2 Å². The number of likely N-dealkylation sites (tertiary alicyclic amines) is 2. The number of terminal acetylenes is 2. The van der Waals surface area contributed by atoms with E-state index in [0.29, 0.717) is 51.5 Å². The lowest BCUT2D eigenvalue weighted by Gasteiger charge is -2.41. The van der Waals surface area contributed by atoms with E-state index in [1.165, 1.54) is 46.4 Å². The molecule has 26 nitrogen and oxygen atoms in total. The quantitative estimate of drug-likeness (QED) is 0.0236. The second-order valence-electron chi connectivity index (χ2n) is 27.9. The number of methoxy groups -OCH3 is 2. The summed E-state index contributed by atoms with van der Waals surface area (Å²) >= 11 is 1.46. The number of aromatic nitrogens is 1. The van der Waals surface area contributed by atoms with E-state index in [2.05, 4.69) is 48.7 Å². The average molecular weight is 1410 g/mol. The summed E-state index contributed by atoms with van der Waals surface area (Å²) < 4.78 is 23.7. The lowest BCUT2D eigenvalue weighted by Crippen LogP contribution is -2.60. The minimum Gasteiger partial charge on any atom is -0.444 e. The molecule has 27 heteroatoms. The van der Waals surface area contributed by atoms with E-state index in [4.69, 9.17) is 37.5 Å². The third kappa shape index (κ3) is 21.6. The third-order valence-corrected chi connectivity index (χ3v) is 19.8. The number of hydrogen-bond donors (Lipinski definition) is 7. The number of benzene rings is 2. The van der Waals surface area contributed by atoms with Gasteiger partial charge in [-0.2, -0.15) is 0 Å². The van der Waals surface area contributed by atoms with Crippen molar-refractivity contribution in [2.24, 2.45) is 35.3 Å². The number of anilines is 1. The number of carbonyl (C=O) groups is 10. The largest absolute Gasteiger partial charge is 0.444 e. The van der Waals surface area contributed by atoms with Crippen molar-refractivity contribution in [3.05, 3.63) is 81.8 Å². The fraction of sp³-hybridized carbons (Fsp3) is 0.603. The van der Waals surface area contributed by atoms with E-state index >= 15 is 4.79 Å². The van der Waals surface area contributed by atoms with Gasteiger partial charge in [-0.15, -0.1) is 24.2 Å². The Hall–Kier alpha value is -8.79. The summed E-state index contributed by atoms with van der Waals surface area (Å²) in [6.45, 7) is 17.4. The molecule has 546 valence electrons. The summed E-state index contributed by atoms with van der Waals surface area (Å²) in [6, 6.07) is 7.02. The highest BCUT2D eigenvalue weighted by Crippen LogP contribution is 2.43. The van der Waals surface area contributed by atoms with E-state index in [1.807, 2.05) is 70.3 Å². The number of urea groups is 1. The van der Waals surface area contributed by atoms with Crippen molar-refractivity contribution in [1.29, 1.82) is 0 Å². The molecule has 3 aliphatic rings. The number of nitrogens with one attached hydrogen (secondary N) is 6. The Morgan fingerprint density at radius 2 is 1.53 bits per heavy atom. The Kier molecular flexibility index (Phi) is 30.1. The molecule has 8 N–H and O–H groups in total. The van der Waals surface area contributed by atoms with Crippen LogP contribution in [0.5, 0.6) is 0 Å². The SMILES string of the molecule is C#CCN(CC#C)C(=O)c1cc(NC(=O)[C@H](CCCNC(N)=O)NC(=O)[C@@H](NC(=O)OC(C)(C)C)C(C)C)ccc1COC(=O)N1[C@@H]2CC[C@@H](C2)[C@H]1C(=O)N[C@H](C(=O)N(C)[C@@H]([C@@H](C)CC)[C@@H](CC(=O)N1CCC[C@H]1[C@H](OC)[C@@H](C)C(=O)N[C@@H](Cc1ccccc1)c1nccs1)OC)C(C)C. The Labute approximate surface area is 592 Å². The van der Waals surface area contributed by atoms with Crippen LogP contribution in [0.2, 0.25) is 0 Å². The van der Waals surface area contributed by atoms with Crippen LogP contribution in [0.4, 0.5) is 20.1 Å². The maximum absolute atomic E-state index is 15.1. The number of nitrogens with zero attached hydrogens (tertiary/aromatic N) is 5. The molecule has 1 saturated carbocycles. The van der Waals surface area contributed by atoms with Crippen LogP contribution < -0.4 is 37.6 Å². The zero-order valence-corrected chi connectivity index (χ0v) is 60.9. The van der Waals surface area contributed by atoms with Crippen molar-refractivity contribution in [2.75, 3.05) is 52.8 Å². The van der Waals surface area contributed by atoms with Gasteiger partial charge in [0.25, 0.3) is 5.91 Å². The Morgan fingerprint density at radius 1 is 0.840 bits per heavy atom. The van der Waals surface area contributed by atoms with Crippen LogP contribution in [0.3, 0.4) is 0 Å². The van der Waals surface area contributed by atoms with Crippen LogP contribution >= 0.6 is 11.3 Å². The molecule has 2 bridgehead atoms. The van der Waals surface area contributed by atoms with Crippen molar-refractivity contribution in [3.8, 4) is 24.7 Å². The molecular formula is C73H104N12O14S. The topological polar surface area (TPSA) is 332 Å². The average Bonchev–Trinajstić information content (AvgIpc) is 1.61. The molecule has 0 radical (unpaired) electrons. The van der Waals surface area contributed by atoms with Gasteiger partial charge in [0.15, 0.2) is 0 Å². The van der Waals surface area contributed by atoms with Crippen LogP contribution in [0.15, 0.2) is 60.1 Å². The summed E-state index contributed by atoms with van der Waals surface area (Å²) in [6.07, 6.45) is 14.2. The van der Waals surface area contributed by atoms with Crippen LogP contribution in [0, 0.1) is 54.3 Å². The van der Waals surface area contributed by atoms with Gasteiger partial charge in [0.1, 0.15) is 41.4 Å². The Bertz CT molecular complexity index is 3370. The van der Waals surface area contributed by atoms with E-state index < -0.39 is 126 Å². The lowest BCUT2D eigenvalue weighted by atomic mass is 9.89. The normalized spacial score (nSPS) is 19.1. The zero-order chi connectivity index (χ0) is 73.7. The fourth-order valence-electron chi connectivity index (χ4n) is 13.7. The number of nitrogens with two attached hydrogens (primary N) is 1. The maximum Gasteiger partial charge on any atom is 0.411 e. The molecule has 1 aliphatic carbocycles. The summed E-state index contributed by atoms with van der Waals surface area (Å²) in [7, 11) is 4.71. The molecule has 0 unspecified atom stereocenters. The molecule has 3 aromatic rings. The standard InChI is InChI=1S/C73H104N12O14S/c1-16-34-83(35-17-2)68(91)52-40-50(77-64(88)53(26-22-32-76-70(74)93)78-65(89)58(43(4)5)81-71(94)99-73(10,11)12)30-28-49(52)42-98-72(95)85-51-31-29-48(39-51)61(85)66(90)80-59(44(6)7)69(92)82(13)60(45(8)18-3)56(96-14)41-57(86)84-36-23-27-55(84)62(97-15)46(9)63(87)79-54(67-75-33-37-100-67)38-47-24-20-19-21-25-47/h1-2,19-21,24-25,28,30,33,37,40,43-46,48,51,53-56,58-62H,18,22-23,26-27,29,31-32,34-36,38-39,41-42H2,3-15H3,(H,77,88)(H,78,89)(H,79,87)(H,80,90)(H,81,94)(H3,74,76,93)/t45-,46+,48-,51+,53-,54-,55-,56+,58-,59-,60-,61-,62+/m0/s1. The number of hydrogen-bond acceptors (Lipinski definition) is 16. The monoisotopic (exact) mass is 1400 g/mol. The summed E-state index contributed by atoms with van der Waals surface area (Å²) in [5.74, 6) is -0.685. The van der Waals surface area contributed by atoms with Crippen molar-refractivity contribution in [1.82, 2.24) is 51.2 Å². The van der Waals surface area contributed by atoms with E-state index in [9.17, 15) is 43.2 Å². The minimum absolute atomic E-state index is 0.0118. The molecule has 100 heavy (non-hydrogen) atoms. The highest BCUT2D eigenvalue weighted by atomic mass is 32.1. The van der Waals surface area contributed by atoms with Gasteiger partial charge in [-0.1, -0.05) is 103 Å². The van der Waals surface area contributed by atoms with E-state index in [-0.39, 0.29) is 91.4 Å². The molecular weight excluding hydrogens is 1300 g/mol. The molecule has 1 aromatic heterocycles. The minimum atomic E-state index is -1.25. The molecule has 6 rings (SSSR count). The number of carbonyl (C=O) groups excluding carboxylic acids is 10. The van der Waals surface area contributed by atoms with Gasteiger partial charge in [0.05, 0.1) is 55.8 Å². The van der Waals surface area contributed by atoms with E-state index in [1.54, 1.807) is 64.8 Å². The number of fused-ring (bicyclic) bond motifs is 2. The molecule has 2 saturated heterocycles. The first-order chi connectivity index (χ1) is 47.5. The predicted octanol–water partition coefficient (Wildman–Crippen LogP) is 6.92. The van der Waals surface area contributed by atoms with Gasteiger partial charge < -0.3 is 71.3 Å². The predicted molar refractivity (Wildman–Crippen MR) is 378 cm³/mol. The lowest BCUT2D eigenvalue weighted by molar-refractivity contribution is -0.148. The maximum atomic E-state index is 15.1. The Morgan fingerprint density at radius 3 is 2.13 bits per heavy atom. The number of primary amides is 1. The second kappa shape index (κ2) is 37.6. The molecule has 11 amide bonds. The van der Waals surface area contributed by atoms with Crippen LogP contribution in [-0.4, -0.2) is 192 Å². The number of ether oxygens (including phenoxy) is 4. The number of likely N-dealkylation sites (N-methyl/N-ethyl adjacent to an activating group) is 1. The van der Waals surface area contributed by atoms with E-state index in [0.717, 1.165) is 10.6 Å². The number of amides is 11. The van der Waals surface area contributed by atoms with Crippen LogP contribution in [0.1, 0.15) is 160 Å². The van der Waals surface area contributed by atoms with Crippen LogP contribution in [-0.2, 0) is 60.7 Å². The van der Waals surface area contributed by atoms with Gasteiger partial charge in [0, 0.05) is 68.8 Å². The highest BCUT2D eigenvalue weighted by molar-refractivity contribution is 7.09. The number of rotatable bonds is 34. The first-order valence-electron chi connectivity index (χ1n) is 34.5. The van der Waals surface area contributed by atoms with Crippen molar-refractivity contribution >= 4 is 76.6 Å². The van der Waals surface area contributed by atoms with Gasteiger partial charge in [-0.3, -0.25) is 38.5 Å². The van der Waals surface area contributed by atoms with Crippen molar-refractivity contribution in [2.45, 2.75) is 206 Å². The van der Waals surface area contributed by atoms with Gasteiger partial charge in [-0.25, -0.2) is 19.4 Å². The first-order valence-corrected chi connectivity index (χ1v) is 35.4. The second-order valence-corrected chi connectivity index (χ2v) is 28.8. The summed E-state index contributed by atoms with van der Waals surface area (Å²) in [5, 5.41) is 19.4. The smallest absolute Gasteiger partial charge is 0.411 e.